The zero-order valence-electron chi connectivity index (χ0n) is 9.67. The summed E-state index contributed by atoms with van der Waals surface area (Å²) in [5.74, 6) is 1.41. The molecule has 3 aliphatic rings. The molecule has 4 atom stereocenters. The van der Waals surface area contributed by atoms with E-state index in [0.29, 0.717) is 23.8 Å². The molecule has 4 unspecified atom stereocenters. The number of fused-ring (bicyclic) bond motifs is 3. The van der Waals surface area contributed by atoms with Gasteiger partial charge in [-0.25, -0.2) is 0 Å². The van der Waals surface area contributed by atoms with Crippen LogP contribution in [0.15, 0.2) is 36.9 Å². The van der Waals surface area contributed by atoms with Gasteiger partial charge in [0, 0.05) is 24.4 Å². The average Bonchev–Trinajstić information content (AvgIpc) is 2.89. The monoisotopic (exact) mass is 225 g/mol. The van der Waals surface area contributed by atoms with Crippen molar-refractivity contribution in [2.24, 2.45) is 11.8 Å². The summed E-state index contributed by atoms with van der Waals surface area (Å²) in [7, 11) is 0. The third-order valence-corrected chi connectivity index (χ3v) is 4.82. The van der Waals surface area contributed by atoms with Gasteiger partial charge in [0.05, 0.1) is 0 Å². The van der Waals surface area contributed by atoms with E-state index in [1.807, 2.05) is 6.08 Å². The molecule has 1 saturated carbocycles. The number of carbonyl (C=O) groups excluding carboxylic acids is 1. The largest absolute Gasteiger partial charge is 0.334 e. The molecule has 2 heteroatoms. The Balaban J connectivity index is 1.92. The summed E-state index contributed by atoms with van der Waals surface area (Å²) in [5.41, 5.74) is 2.78. The van der Waals surface area contributed by atoms with Crippen molar-refractivity contribution in [3.05, 3.63) is 48.0 Å². The molecule has 2 heterocycles. The first kappa shape index (κ1) is 9.46. The highest BCUT2D eigenvalue weighted by molar-refractivity contribution is 5.85. The number of carbonyl (C=O) groups is 1. The van der Waals surface area contributed by atoms with E-state index in [1.165, 1.54) is 11.1 Å². The Morgan fingerprint density at radius 1 is 1.35 bits per heavy atom. The fraction of sp³-hybridized carbons (Fsp3) is 0.400. The van der Waals surface area contributed by atoms with Crippen LogP contribution in [0.4, 0.5) is 0 Å². The molecule has 0 N–H and O–H groups in total. The van der Waals surface area contributed by atoms with Crippen LogP contribution in [-0.4, -0.2) is 16.8 Å². The molecule has 1 saturated heterocycles. The van der Waals surface area contributed by atoms with Crippen LogP contribution < -0.4 is 0 Å². The van der Waals surface area contributed by atoms with E-state index < -0.39 is 0 Å². The van der Waals surface area contributed by atoms with Gasteiger partial charge in [0.15, 0.2) is 0 Å². The van der Waals surface area contributed by atoms with Crippen LogP contribution in [0.25, 0.3) is 0 Å². The van der Waals surface area contributed by atoms with Crippen molar-refractivity contribution in [1.82, 2.24) is 4.90 Å². The third-order valence-electron chi connectivity index (χ3n) is 4.82. The van der Waals surface area contributed by atoms with Gasteiger partial charge >= 0.3 is 0 Å². The molecule has 17 heavy (non-hydrogen) atoms. The van der Waals surface area contributed by atoms with E-state index in [2.05, 4.69) is 35.7 Å². The van der Waals surface area contributed by atoms with E-state index in [9.17, 15) is 4.79 Å². The Morgan fingerprint density at radius 3 is 3.00 bits per heavy atom. The molecule has 2 aliphatic heterocycles. The Kier molecular flexibility index (Phi) is 1.67. The molecule has 0 radical (unpaired) electrons. The molecule has 2 fully saturated rings. The van der Waals surface area contributed by atoms with E-state index in [1.54, 1.807) is 0 Å². The number of amides is 1. The molecule has 0 aromatic heterocycles. The summed E-state index contributed by atoms with van der Waals surface area (Å²) in [4.78, 5) is 14.3. The number of rotatable bonds is 1. The first-order valence-electron chi connectivity index (χ1n) is 6.32. The first-order valence-corrected chi connectivity index (χ1v) is 6.32. The number of nitrogens with zero attached hydrogens (tertiary/aromatic N) is 1. The minimum Gasteiger partial charge on any atom is -0.334 e. The van der Waals surface area contributed by atoms with Crippen LogP contribution in [0.5, 0.6) is 0 Å². The van der Waals surface area contributed by atoms with Crippen molar-refractivity contribution in [2.75, 3.05) is 0 Å². The molecule has 1 amide bonds. The van der Waals surface area contributed by atoms with Gasteiger partial charge in [-0.05, 0) is 23.5 Å². The van der Waals surface area contributed by atoms with E-state index in [0.717, 1.165) is 13.0 Å². The van der Waals surface area contributed by atoms with Crippen LogP contribution in [0, 0.1) is 11.8 Å². The van der Waals surface area contributed by atoms with Gasteiger partial charge in [0.2, 0.25) is 5.91 Å². The summed E-state index contributed by atoms with van der Waals surface area (Å²) in [6.45, 7) is 4.76. The predicted molar refractivity (Wildman–Crippen MR) is 65.3 cm³/mol. The van der Waals surface area contributed by atoms with E-state index >= 15 is 0 Å². The van der Waals surface area contributed by atoms with Gasteiger partial charge in [0.25, 0.3) is 0 Å². The summed E-state index contributed by atoms with van der Waals surface area (Å²) in [6.07, 6.45) is 3.04. The lowest BCUT2D eigenvalue weighted by atomic mass is 9.76. The zero-order valence-corrected chi connectivity index (χ0v) is 9.67. The maximum atomic E-state index is 12.2. The van der Waals surface area contributed by atoms with Crippen LogP contribution in [0.2, 0.25) is 0 Å². The standard InChI is InChI=1S/C15H15NO/c1-2-10-12-7-13-14(10)11-6-4-3-5-9(11)8-16(13)15(12)17/h2-6,10,12-14H,1,7-8H2. The Labute approximate surface area is 101 Å². The summed E-state index contributed by atoms with van der Waals surface area (Å²) in [6, 6.07) is 9.01. The molecular weight excluding hydrogens is 210 g/mol. The van der Waals surface area contributed by atoms with Gasteiger partial charge in [-0.15, -0.1) is 6.58 Å². The fourth-order valence-corrected chi connectivity index (χ4v) is 4.14. The van der Waals surface area contributed by atoms with E-state index in [-0.39, 0.29) is 5.92 Å². The number of benzene rings is 1. The van der Waals surface area contributed by atoms with Crippen molar-refractivity contribution in [1.29, 1.82) is 0 Å². The average molecular weight is 225 g/mol. The highest BCUT2D eigenvalue weighted by atomic mass is 16.2. The summed E-state index contributed by atoms with van der Waals surface area (Å²) in [5, 5.41) is 0. The topological polar surface area (TPSA) is 20.3 Å². The summed E-state index contributed by atoms with van der Waals surface area (Å²) < 4.78 is 0. The molecule has 4 rings (SSSR count). The van der Waals surface area contributed by atoms with Crippen molar-refractivity contribution < 1.29 is 4.79 Å². The second kappa shape index (κ2) is 3.00. The molecular formula is C15H15NO. The zero-order chi connectivity index (χ0) is 11.6. The number of piperidine rings is 1. The third kappa shape index (κ3) is 0.991. The lowest BCUT2D eigenvalue weighted by Crippen LogP contribution is -2.47. The van der Waals surface area contributed by atoms with Crippen LogP contribution >= 0.6 is 0 Å². The van der Waals surface area contributed by atoms with Gasteiger partial charge in [-0.3, -0.25) is 4.79 Å². The van der Waals surface area contributed by atoms with Crippen LogP contribution in [0.3, 0.4) is 0 Å². The van der Waals surface area contributed by atoms with Gasteiger partial charge in [-0.1, -0.05) is 30.3 Å². The maximum absolute atomic E-state index is 12.2. The van der Waals surface area contributed by atoms with Crippen molar-refractivity contribution in [2.45, 2.75) is 24.9 Å². The highest BCUT2D eigenvalue weighted by Gasteiger charge is 2.58. The van der Waals surface area contributed by atoms with Gasteiger partial charge in [-0.2, -0.15) is 0 Å². The number of allylic oxidation sites excluding steroid dienone is 1. The minimum absolute atomic E-state index is 0.204. The molecule has 2 nitrogen and oxygen atoms in total. The quantitative estimate of drug-likeness (QED) is 0.672. The lowest BCUT2D eigenvalue weighted by molar-refractivity contribution is -0.137. The molecule has 2 bridgehead atoms. The molecule has 1 aromatic rings. The molecule has 0 spiro atoms. The molecule has 1 aliphatic carbocycles. The number of hydrogen-bond donors (Lipinski definition) is 0. The predicted octanol–water partition coefficient (Wildman–Crippen LogP) is 2.32. The molecule has 86 valence electrons. The van der Waals surface area contributed by atoms with Gasteiger partial charge < -0.3 is 4.90 Å². The fourth-order valence-electron chi connectivity index (χ4n) is 4.14. The maximum Gasteiger partial charge on any atom is 0.226 e. The summed E-state index contributed by atoms with van der Waals surface area (Å²) >= 11 is 0. The Hall–Kier alpha value is -1.57. The Morgan fingerprint density at radius 2 is 2.18 bits per heavy atom. The highest BCUT2D eigenvalue weighted by Crippen LogP contribution is 2.55. The van der Waals surface area contributed by atoms with Gasteiger partial charge in [0.1, 0.15) is 0 Å². The number of hydrogen-bond acceptors (Lipinski definition) is 1. The van der Waals surface area contributed by atoms with Crippen molar-refractivity contribution >= 4 is 5.91 Å². The smallest absolute Gasteiger partial charge is 0.226 e. The Bertz CT molecular complexity index is 521. The van der Waals surface area contributed by atoms with Crippen LogP contribution in [-0.2, 0) is 11.3 Å². The minimum atomic E-state index is 0.204. The van der Waals surface area contributed by atoms with Crippen molar-refractivity contribution in [3.63, 3.8) is 0 Å². The van der Waals surface area contributed by atoms with Crippen LogP contribution in [0.1, 0.15) is 23.5 Å². The van der Waals surface area contributed by atoms with Crippen molar-refractivity contribution in [3.8, 4) is 0 Å². The normalized spacial score (nSPS) is 37.2. The lowest BCUT2D eigenvalue weighted by Gasteiger charge is -2.42. The second-order valence-corrected chi connectivity index (χ2v) is 5.41. The van der Waals surface area contributed by atoms with E-state index in [4.69, 9.17) is 0 Å². The SMILES string of the molecule is C=CC1C2CC3C1c1ccccc1CN3C2=O. The molecule has 1 aromatic carbocycles. The first-order chi connectivity index (χ1) is 8.31. The second-order valence-electron chi connectivity index (χ2n) is 5.41.